The molecule has 0 amide bonds. The van der Waals surface area contributed by atoms with Gasteiger partial charge in [-0.25, -0.2) is 4.98 Å². The summed E-state index contributed by atoms with van der Waals surface area (Å²) in [5, 5.41) is 0.865. The van der Waals surface area contributed by atoms with Gasteiger partial charge in [0.1, 0.15) is 11.1 Å². The minimum Gasteiger partial charge on any atom is -0.457 e. The van der Waals surface area contributed by atoms with Gasteiger partial charge in [-0.2, -0.15) is 0 Å². The van der Waals surface area contributed by atoms with Crippen molar-refractivity contribution in [3.8, 4) is 0 Å². The van der Waals surface area contributed by atoms with Crippen molar-refractivity contribution in [2.45, 2.75) is 31.3 Å². The smallest absolute Gasteiger partial charge is 0.293 e. The molecule has 1 aromatic heterocycles. The van der Waals surface area contributed by atoms with Gasteiger partial charge in [0.05, 0.1) is 0 Å². The zero-order chi connectivity index (χ0) is 13.3. The normalized spacial score (nSPS) is 17.7. The van der Waals surface area contributed by atoms with E-state index >= 15 is 0 Å². The summed E-state index contributed by atoms with van der Waals surface area (Å²) in [5.41, 5.74) is 1.51. The number of hydrogen-bond acceptors (Lipinski definition) is 4. The summed E-state index contributed by atoms with van der Waals surface area (Å²) in [6.07, 6.45) is 4.01. The second-order valence-electron chi connectivity index (χ2n) is 4.89. The largest absolute Gasteiger partial charge is 0.457 e. The summed E-state index contributed by atoms with van der Waals surface area (Å²) in [5.74, 6) is 0. The highest BCUT2D eigenvalue weighted by atomic mass is 32.1. The number of rotatable bonds is 5. The lowest BCUT2D eigenvalue weighted by Gasteiger charge is -2.13. The molecule has 1 unspecified atom stereocenters. The highest BCUT2D eigenvalue weighted by Crippen LogP contribution is 2.55. The molecule has 1 fully saturated rings. The van der Waals surface area contributed by atoms with Crippen molar-refractivity contribution < 1.29 is 9.53 Å². The Labute approximate surface area is 116 Å². The molecule has 0 saturated heterocycles. The second-order valence-corrected chi connectivity index (χ2v) is 5.95. The maximum absolute atomic E-state index is 10.4. The third kappa shape index (κ3) is 2.16. The van der Waals surface area contributed by atoms with Crippen molar-refractivity contribution >= 4 is 17.8 Å². The molecule has 1 saturated carbocycles. The Balaban J connectivity index is 1.89. The zero-order valence-corrected chi connectivity index (χ0v) is 11.5. The predicted molar refractivity (Wildman–Crippen MR) is 74.1 cm³/mol. The van der Waals surface area contributed by atoms with Gasteiger partial charge >= 0.3 is 0 Å². The molecule has 0 aliphatic heterocycles. The second kappa shape index (κ2) is 4.78. The Bertz CT molecular complexity index is 575. The molecule has 1 heterocycles. The first-order chi connectivity index (χ1) is 9.26. The van der Waals surface area contributed by atoms with Gasteiger partial charge in [-0.15, -0.1) is 11.3 Å². The fourth-order valence-electron chi connectivity index (χ4n) is 2.40. The maximum Gasteiger partial charge on any atom is 0.293 e. The van der Waals surface area contributed by atoms with E-state index in [4.69, 9.17) is 4.74 Å². The summed E-state index contributed by atoms with van der Waals surface area (Å²) in [6, 6.07) is 10.6. The number of benzene rings is 1. The van der Waals surface area contributed by atoms with Crippen LogP contribution in [-0.4, -0.2) is 11.5 Å². The first kappa shape index (κ1) is 12.4. The van der Waals surface area contributed by atoms with Gasteiger partial charge in [-0.3, -0.25) is 4.79 Å². The van der Waals surface area contributed by atoms with Crippen molar-refractivity contribution in [3.63, 3.8) is 0 Å². The summed E-state index contributed by atoms with van der Waals surface area (Å²) in [6.45, 7) is 2.33. The predicted octanol–water partition coefficient (Wildman–Crippen LogP) is 3.46. The average molecular weight is 273 g/mol. The fourth-order valence-corrected chi connectivity index (χ4v) is 3.57. The van der Waals surface area contributed by atoms with E-state index in [0.717, 1.165) is 5.01 Å². The Morgan fingerprint density at radius 1 is 1.37 bits per heavy atom. The lowest BCUT2D eigenvalue weighted by molar-refractivity contribution is -0.133. The molecule has 3 nitrogen and oxygen atoms in total. The number of hydrogen-bond donors (Lipinski definition) is 0. The third-order valence-electron chi connectivity index (χ3n) is 3.68. The van der Waals surface area contributed by atoms with Gasteiger partial charge in [0.15, 0.2) is 0 Å². The standard InChI is InChI=1S/C15H15NO2S/c1-11(18-10-17)14-16-9-13(19-14)15(7-8-15)12-5-3-2-4-6-12/h2-6,9-11H,7-8H2,1H3. The van der Waals surface area contributed by atoms with Crippen LogP contribution in [0.3, 0.4) is 0 Å². The Hall–Kier alpha value is -1.68. The minimum atomic E-state index is -0.261. The van der Waals surface area contributed by atoms with Crippen LogP contribution in [0.25, 0.3) is 0 Å². The lowest BCUT2D eigenvalue weighted by Crippen LogP contribution is -2.05. The van der Waals surface area contributed by atoms with Gasteiger partial charge in [0.2, 0.25) is 0 Å². The van der Waals surface area contributed by atoms with Crippen LogP contribution in [0.15, 0.2) is 36.5 Å². The van der Waals surface area contributed by atoms with Crippen LogP contribution in [0.1, 0.15) is 41.3 Å². The third-order valence-corrected chi connectivity index (χ3v) is 5.04. The molecule has 1 aromatic carbocycles. The molecule has 19 heavy (non-hydrogen) atoms. The molecule has 0 bridgehead atoms. The van der Waals surface area contributed by atoms with Gasteiger partial charge in [0, 0.05) is 16.5 Å². The molecule has 4 heteroatoms. The zero-order valence-electron chi connectivity index (χ0n) is 10.7. The number of carbonyl (C=O) groups excluding carboxylic acids is 1. The number of carbonyl (C=O) groups is 1. The molecule has 98 valence electrons. The SMILES string of the molecule is CC(OC=O)c1ncc(C2(c3ccccc3)CC2)s1. The van der Waals surface area contributed by atoms with Crippen LogP contribution in [0.5, 0.6) is 0 Å². The first-order valence-corrected chi connectivity index (χ1v) is 7.19. The molecule has 0 radical (unpaired) electrons. The molecule has 1 aliphatic rings. The molecule has 0 N–H and O–H groups in total. The Morgan fingerprint density at radius 3 is 2.74 bits per heavy atom. The van der Waals surface area contributed by atoms with Crippen LogP contribution in [0.2, 0.25) is 0 Å². The van der Waals surface area contributed by atoms with E-state index in [2.05, 4.69) is 29.2 Å². The average Bonchev–Trinajstić information content (AvgIpc) is 3.10. The summed E-state index contributed by atoms with van der Waals surface area (Å²) in [7, 11) is 0. The fraction of sp³-hybridized carbons (Fsp3) is 0.333. The molecular weight excluding hydrogens is 258 g/mol. The first-order valence-electron chi connectivity index (χ1n) is 6.37. The molecular formula is C15H15NO2S. The maximum atomic E-state index is 10.4. The van der Waals surface area contributed by atoms with E-state index in [1.165, 1.54) is 23.3 Å². The molecule has 3 rings (SSSR count). The number of nitrogens with zero attached hydrogens (tertiary/aromatic N) is 1. The highest BCUT2D eigenvalue weighted by Gasteiger charge is 2.47. The van der Waals surface area contributed by atoms with Crippen molar-refractivity contribution in [1.29, 1.82) is 0 Å². The molecule has 0 spiro atoms. The van der Waals surface area contributed by atoms with Crippen LogP contribution in [-0.2, 0) is 14.9 Å². The summed E-state index contributed by atoms with van der Waals surface area (Å²) in [4.78, 5) is 16.1. The molecule has 1 aliphatic carbocycles. The van der Waals surface area contributed by atoms with E-state index in [9.17, 15) is 4.79 Å². The summed E-state index contributed by atoms with van der Waals surface area (Å²) >= 11 is 1.65. The topological polar surface area (TPSA) is 39.2 Å². The van der Waals surface area contributed by atoms with Crippen molar-refractivity contribution in [2.75, 3.05) is 0 Å². The van der Waals surface area contributed by atoms with Crippen LogP contribution in [0.4, 0.5) is 0 Å². The van der Waals surface area contributed by atoms with E-state index < -0.39 is 0 Å². The van der Waals surface area contributed by atoms with Crippen LogP contribution >= 0.6 is 11.3 Å². The van der Waals surface area contributed by atoms with E-state index in [1.54, 1.807) is 11.3 Å². The van der Waals surface area contributed by atoms with Gasteiger partial charge < -0.3 is 4.74 Å². The summed E-state index contributed by atoms with van der Waals surface area (Å²) < 4.78 is 4.95. The Morgan fingerprint density at radius 2 is 2.11 bits per heavy atom. The monoisotopic (exact) mass is 273 g/mol. The lowest BCUT2D eigenvalue weighted by atomic mass is 9.95. The molecule has 2 aromatic rings. The number of ether oxygens (including phenoxy) is 1. The van der Waals surface area contributed by atoms with E-state index in [1.807, 2.05) is 19.2 Å². The quantitative estimate of drug-likeness (QED) is 0.783. The van der Waals surface area contributed by atoms with Crippen molar-refractivity contribution in [1.82, 2.24) is 4.98 Å². The number of aromatic nitrogens is 1. The minimum absolute atomic E-state index is 0.151. The Kier molecular flexibility index (Phi) is 3.11. The molecule has 1 atom stereocenters. The highest BCUT2D eigenvalue weighted by molar-refractivity contribution is 7.11. The van der Waals surface area contributed by atoms with Gasteiger partial charge in [0.25, 0.3) is 6.47 Å². The van der Waals surface area contributed by atoms with Crippen molar-refractivity contribution in [3.05, 3.63) is 52.0 Å². The van der Waals surface area contributed by atoms with Gasteiger partial charge in [-0.1, -0.05) is 30.3 Å². The van der Waals surface area contributed by atoms with Crippen LogP contribution in [0, 0.1) is 0 Å². The van der Waals surface area contributed by atoms with Crippen molar-refractivity contribution in [2.24, 2.45) is 0 Å². The number of thiazole rings is 1. The van der Waals surface area contributed by atoms with E-state index in [0.29, 0.717) is 6.47 Å². The van der Waals surface area contributed by atoms with E-state index in [-0.39, 0.29) is 11.5 Å². The van der Waals surface area contributed by atoms with Gasteiger partial charge in [-0.05, 0) is 25.3 Å². The van der Waals surface area contributed by atoms with Crippen LogP contribution < -0.4 is 0 Å².